The Kier molecular flexibility index (Phi) is 12.3. The van der Waals surface area contributed by atoms with Gasteiger partial charge in [-0.05, 0) is 100 Å². The van der Waals surface area contributed by atoms with Crippen LogP contribution < -0.4 is 19.9 Å². The summed E-state index contributed by atoms with van der Waals surface area (Å²) in [5.41, 5.74) is 3.52. The molecule has 0 saturated carbocycles. The number of methoxy groups -OCH3 is 1. The topological polar surface area (TPSA) is 131 Å². The fourth-order valence-electron chi connectivity index (χ4n) is 10.0. The second-order valence-corrected chi connectivity index (χ2v) is 17.0. The van der Waals surface area contributed by atoms with E-state index >= 15 is 4.39 Å². The summed E-state index contributed by atoms with van der Waals surface area (Å²) in [4.78, 5) is 47.9. The average molecular weight is 818 g/mol. The summed E-state index contributed by atoms with van der Waals surface area (Å²) < 4.78 is 21.1. The number of ether oxygens (including phenoxy) is 1. The Hall–Kier alpha value is -5.56. The average Bonchev–Trinajstić information content (AvgIpc) is 3.28. The number of likely N-dealkylation sites (tertiary alicyclic amines) is 1. The number of hydrogen-bond donors (Lipinski definition) is 2. The van der Waals surface area contributed by atoms with Gasteiger partial charge in [0.25, 0.3) is 0 Å². The summed E-state index contributed by atoms with van der Waals surface area (Å²) in [6, 6.07) is 22.3. The highest BCUT2D eigenvalue weighted by Crippen LogP contribution is 2.44. The first-order valence-corrected chi connectivity index (χ1v) is 21.5. The van der Waals surface area contributed by atoms with Crippen LogP contribution in [0.5, 0.6) is 11.5 Å². The van der Waals surface area contributed by atoms with Gasteiger partial charge >= 0.3 is 0 Å². The number of halogens is 1. The van der Waals surface area contributed by atoms with Crippen molar-refractivity contribution in [1.29, 1.82) is 0 Å². The van der Waals surface area contributed by atoms with Gasteiger partial charge < -0.3 is 29.4 Å². The minimum atomic E-state index is -0.744. The standard InChI is InChI=1S/C47H56FN7O5/c1-52(33-18-23-53(24-19-33)22-15-32-16-25-54(26-17-32)34-11-12-36(40(48)29-34)37-13-14-44(57)50-45(37)58)46(59)47(39-8-4-6-10-43(39)60-2)20-27-55(28-21-47)35-30-41(51-49-31-35)38-7-3-5-9-42(38)56/h3-12,29-33,37,56H,13-28H2,1-2H3,(H,50,57,58)/t37-/m1/s1. The molecule has 1 aromatic heterocycles. The number of nitrogens with zero attached hydrogens (tertiary/aromatic N) is 6. The normalized spacial score (nSPS) is 20.5. The van der Waals surface area contributed by atoms with E-state index in [9.17, 15) is 19.5 Å². The first kappa shape index (κ1) is 41.2. The van der Waals surface area contributed by atoms with E-state index < -0.39 is 17.2 Å². The van der Waals surface area contributed by atoms with E-state index in [4.69, 9.17) is 4.74 Å². The molecule has 0 unspecified atom stereocenters. The minimum absolute atomic E-state index is 0.144. The summed E-state index contributed by atoms with van der Waals surface area (Å²) in [6.07, 6.45) is 8.59. The molecule has 12 nitrogen and oxygen atoms in total. The number of hydrogen-bond acceptors (Lipinski definition) is 10. The zero-order valence-corrected chi connectivity index (χ0v) is 34.7. The molecule has 0 radical (unpaired) electrons. The maximum absolute atomic E-state index is 15.2. The molecule has 316 valence electrons. The number of carbonyl (C=O) groups is 3. The van der Waals surface area contributed by atoms with Crippen LogP contribution in [0.2, 0.25) is 0 Å². The van der Waals surface area contributed by atoms with Crippen LogP contribution in [0, 0.1) is 11.7 Å². The maximum Gasteiger partial charge on any atom is 0.234 e. The Bertz CT molecular complexity index is 2180. The van der Waals surface area contributed by atoms with Gasteiger partial charge in [-0.3, -0.25) is 19.7 Å². The van der Waals surface area contributed by atoms with Gasteiger partial charge in [0, 0.05) is 81.2 Å². The SMILES string of the molecule is COc1ccccc1C1(C(=O)N(C)C2CCN(CCC3CCN(c4ccc([C@H]5CCC(=O)NC5=O)c(F)c4)CC3)CC2)CCN(c2cnnc(-c3ccccc3O)c2)CC1. The van der Waals surface area contributed by atoms with Crippen molar-refractivity contribution in [3.8, 4) is 22.8 Å². The van der Waals surface area contributed by atoms with Crippen molar-refractivity contribution in [3.63, 3.8) is 0 Å². The number of para-hydroxylation sites is 2. The van der Waals surface area contributed by atoms with Crippen molar-refractivity contribution >= 4 is 29.1 Å². The molecule has 5 heterocycles. The highest BCUT2D eigenvalue weighted by Gasteiger charge is 2.47. The second-order valence-electron chi connectivity index (χ2n) is 17.0. The fourth-order valence-corrected chi connectivity index (χ4v) is 10.0. The molecule has 0 spiro atoms. The van der Waals surface area contributed by atoms with Gasteiger partial charge in [-0.15, -0.1) is 0 Å². The van der Waals surface area contributed by atoms with Crippen LogP contribution in [0.1, 0.15) is 74.8 Å². The quantitative estimate of drug-likeness (QED) is 0.167. The molecule has 1 atom stereocenters. The lowest BCUT2D eigenvalue weighted by atomic mass is 9.70. The van der Waals surface area contributed by atoms with E-state index in [-0.39, 0.29) is 35.8 Å². The molecule has 60 heavy (non-hydrogen) atoms. The minimum Gasteiger partial charge on any atom is -0.507 e. The third-order valence-corrected chi connectivity index (χ3v) is 13.7. The lowest BCUT2D eigenvalue weighted by Crippen LogP contribution is -2.56. The summed E-state index contributed by atoms with van der Waals surface area (Å²) in [5, 5.41) is 21.4. The molecule has 0 bridgehead atoms. The molecule has 13 heteroatoms. The number of imide groups is 1. The van der Waals surface area contributed by atoms with Crippen molar-refractivity contribution in [2.75, 3.05) is 69.8 Å². The number of likely N-dealkylation sites (N-methyl/N-ethyl adjacent to an activating group) is 1. The highest BCUT2D eigenvalue weighted by molar-refractivity contribution is 6.01. The Morgan fingerprint density at radius 1 is 0.900 bits per heavy atom. The molecule has 4 aliphatic rings. The van der Waals surface area contributed by atoms with Crippen molar-refractivity contribution in [3.05, 3.63) is 95.9 Å². The number of aromatic nitrogens is 2. The number of amides is 3. The molecule has 0 aliphatic carbocycles. The van der Waals surface area contributed by atoms with Crippen LogP contribution in [0.25, 0.3) is 11.3 Å². The number of phenolic OH excluding ortho intramolecular Hbond substituents is 1. The van der Waals surface area contributed by atoms with Crippen LogP contribution in [-0.4, -0.2) is 109 Å². The Balaban J connectivity index is 0.846. The summed E-state index contributed by atoms with van der Waals surface area (Å²) in [5.74, 6) is -0.106. The number of aromatic hydroxyl groups is 1. The number of phenols is 1. The van der Waals surface area contributed by atoms with Crippen LogP contribution in [0.15, 0.2) is 79.0 Å². The molecule has 8 rings (SSSR count). The smallest absolute Gasteiger partial charge is 0.234 e. The van der Waals surface area contributed by atoms with Gasteiger partial charge in [-0.1, -0.05) is 36.4 Å². The van der Waals surface area contributed by atoms with Gasteiger partial charge in [0.1, 0.15) is 17.3 Å². The summed E-state index contributed by atoms with van der Waals surface area (Å²) in [7, 11) is 3.66. The zero-order chi connectivity index (χ0) is 41.8. The number of nitrogens with one attached hydrogen (secondary N) is 1. The van der Waals surface area contributed by atoms with Crippen molar-refractivity contribution in [2.24, 2.45) is 5.92 Å². The molecule has 4 fully saturated rings. The monoisotopic (exact) mass is 817 g/mol. The van der Waals surface area contributed by atoms with E-state index in [0.717, 1.165) is 87.5 Å². The Morgan fingerprint density at radius 2 is 1.62 bits per heavy atom. The number of benzene rings is 3. The highest BCUT2D eigenvalue weighted by atomic mass is 19.1. The number of piperidine rings is 4. The van der Waals surface area contributed by atoms with E-state index in [1.807, 2.05) is 54.4 Å². The van der Waals surface area contributed by atoms with Gasteiger partial charge in [0.15, 0.2) is 0 Å². The number of anilines is 2. The first-order valence-electron chi connectivity index (χ1n) is 21.5. The van der Waals surface area contributed by atoms with Gasteiger partial charge in [-0.25, -0.2) is 4.39 Å². The van der Waals surface area contributed by atoms with Crippen LogP contribution in [0.3, 0.4) is 0 Å². The van der Waals surface area contributed by atoms with Gasteiger partial charge in [-0.2, -0.15) is 10.2 Å². The molecule has 4 aromatic rings. The molecule has 2 N–H and O–H groups in total. The molecule has 4 aliphatic heterocycles. The molecular formula is C47H56FN7O5. The van der Waals surface area contributed by atoms with Gasteiger partial charge in [0.2, 0.25) is 17.7 Å². The van der Waals surface area contributed by atoms with E-state index in [1.54, 1.807) is 37.6 Å². The van der Waals surface area contributed by atoms with Crippen molar-refractivity contribution in [2.45, 2.75) is 75.2 Å². The number of rotatable bonds is 11. The lowest BCUT2D eigenvalue weighted by molar-refractivity contribution is -0.140. The van der Waals surface area contributed by atoms with Crippen LogP contribution in [-0.2, 0) is 19.8 Å². The van der Waals surface area contributed by atoms with E-state index in [2.05, 4.69) is 36.3 Å². The summed E-state index contributed by atoms with van der Waals surface area (Å²) >= 11 is 0. The predicted octanol–water partition coefficient (Wildman–Crippen LogP) is 6.28. The van der Waals surface area contributed by atoms with E-state index in [1.165, 1.54) is 0 Å². The molecular weight excluding hydrogens is 762 g/mol. The Morgan fingerprint density at radius 3 is 2.33 bits per heavy atom. The maximum atomic E-state index is 15.2. The lowest BCUT2D eigenvalue weighted by Gasteiger charge is -2.46. The Labute approximate surface area is 351 Å². The second kappa shape index (κ2) is 18.0. The summed E-state index contributed by atoms with van der Waals surface area (Å²) in [6.45, 7) is 5.94. The van der Waals surface area contributed by atoms with Crippen LogP contribution >= 0.6 is 0 Å². The van der Waals surface area contributed by atoms with Crippen LogP contribution in [0.4, 0.5) is 15.8 Å². The first-order chi connectivity index (χ1) is 29.1. The van der Waals surface area contributed by atoms with Crippen molar-refractivity contribution in [1.82, 2.24) is 25.3 Å². The third kappa shape index (κ3) is 8.54. The predicted molar refractivity (Wildman–Crippen MR) is 229 cm³/mol. The zero-order valence-electron chi connectivity index (χ0n) is 34.7. The molecule has 3 amide bonds. The van der Waals surface area contributed by atoms with Crippen molar-refractivity contribution < 1.29 is 28.6 Å². The third-order valence-electron chi connectivity index (χ3n) is 13.7. The molecule has 4 saturated heterocycles. The van der Waals surface area contributed by atoms with E-state index in [0.29, 0.717) is 55.1 Å². The fraction of sp³-hybridized carbons (Fsp3) is 0.468. The largest absolute Gasteiger partial charge is 0.507 e. The number of carbonyl (C=O) groups excluding carboxylic acids is 3. The van der Waals surface area contributed by atoms with Gasteiger partial charge in [0.05, 0.1) is 36.0 Å². The molecule has 3 aromatic carbocycles.